The van der Waals surface area contributed by atoms with Crippen LogP contribution < -0.4 is 0 Å². The summed E-state index contributed by atoms with van der Waals surface area (Å²) in [6.07, 6.45) is -4.66. The van der Waals surface area contributed by atoms with E-state index in [0.29, 0.717) is 4.90 Å². The molecule has 0 aromatic rings. The highest BCUT2D eigenvalue weighted by Gasteiger charge is 2.47. The third-order valence-electron chi connectivity index (χ3n) is 3.24. The Bertz CT molecular complexity index is 329. The number of amides is 1. The lowest BCUT2D eigenvalue weighted by Gasteiger charge is -2.40. The lowest BCUT2D eigenvalue weighted by atomic mass is 9.85. The topological polar surface area (TPSA) is 57.6 Å². The van der Waals surface area contributed by atoms with Gasteiger partial charge < -0.3 is 10.0 Å². The van der Waals surface area contributed by atoms with Crippen molar-refractivity contribution < 1.29 is 27.9 Å². The minimum absolute atomic E-state index is 0.267. The Labute approximate surface area is 96.4 Å². The molecule has 7 heteroatoms. The van der Waals surface area contributed by atoms with Crippen LogP contribution in [0.3, 0.4) is 0 Å². The van der Waals surface area contributed by atoms with Crippen LogP contribution in [-0.4, -0.2) is 40.6 Å². The van der Waals surface area contributed by atoms with Gasteiger partial charge in [0.15, 0.2) is 0 Å². The predicted octanol–water partition coefficient (Wildman–Crippen LogP) is 1.51. The van der Waals surface area contributed by atoms with Crippen LogP contribution in [0.2, 0.25) is 0 Å². The molecule has 1 saturated heterocycles. The standard InChI is InChI=1S/C10H14F3NO3/c1-5-3-7(8(15)16)4-14(6(5)2)9(17)10(11,12)13/h5-7H,3-4H2,1-2H3,(H,15,16)/t5-,6-,7+/m0/s1. The maximum Gasteiger partial charge on any atom is 0.471 e. The van der Waals surface area contributed by atoms with Crippen molar-refractivity contribution in [3.63, 3.8) is 0 Å². The summed E-state index contributed by atoms with van der Waals surface area (Å²) in [5.74, 6) is -4.31. The third-order valence-corrected chi connectivity index (χ3v) is 3.24. The van der Waals surface area contributed by atoms with E-state index in [1.165, 1.54) is 6.92 Å². The molecular weight excluding hydrogens is 239 g/mol. The highest BCUT2D eigenvalue weighted by molar-refractivity contribution is 5.83. The molecule has 0 bridgehead atoms. The number of piperidine rings is 1. The molecule has 1 amide bonds. The number of carboxylic acid groups (broad SMARTS) is 1. The van der Waals surface area contributed by atoms with Crippen molar-refractivity contribution in [3.05, 3.63) is 0 Å². The average molecular weight is 253 g/mol. The molecule has 0 aliphatic carbocycles. The number of carboxylic acids is 1. The molecule has 1 aliphatic heterocycles. The van der Waals surface area contributed by atoms with E-state index in [1.54, 1.807) is 6.92 Å². The molecule has 0 unspecified atom stereocenters. The summed E-state index contributed by atoms with van der Waals surface area (Å²) in [7, 11) is 0. The summed E-state index contributed by atoms with van der Waals surface area (Å²) in [6.45, 7) is 2.78. The van der Waals surface area contributed by atoms with Crippen LogP contribution in [0, 0.1) is 11.8 Å². The van der Waals surface area contributed by atoms with Crippen LogP contribution in [-0.2, 0) is 9.59 Å². The molecular formula is C10H14F3NO3. The van der Waals surface area contributed by atoms with Gasteiger partial charge in [-0.2, -0.15) is 13.2 Å². The zero-order valence-electron chi connectivity index (χ0n) is 9.49. The molecule has 0 saturated carbocycles. The van der Waals surface area contributed by atoms with E-state index in [-0.39, 0.29) is 18.9 Å². The van der Waals surface area contributed by atoms with Crippen LogP contribution in [0.4, 0.5) is 13.2 Å². The van der Waals surface area contributed by atoms with Crippen LogP contribution >= 0.6 is 0 Å². The van der Waals surface area contributed by atoms with Gasteiger partial charge in [-0.25, -0.2) is 0 Å². The quantitative estimate of drug-likeness (QED) is 0.770. The fourth-order valence-corrected chi connectivity index (χ4v) is 2.04. The number of alkyl halides is 3. The van der Waals surface area contributed by atoms with E-state index in [9.17, 15) is 22.8 Å². The molecule has 4 nitrogen and oxygen atoms in total. The van der Waals surface area contributed by atoms with E-state index >= 15 is 0 Å². The van der Waals surface area contributed by atoms with Crippen molar-refractivity contribution >= 4 is 11.9 Å². The van der Waals surface area contributed by atoms with Crippen molar-refractivity contribution in [2.75, 3.05) is 6.54 Å². The Morgan fingerprint density at radius 1 is 1.29 bits per heavy atom. The van der Waals surface area contributed by atoms with Gasteiger partial charge in [0.05, 0.1) is 5.92 Å². The zero-order valence-corrected chi connectivity index (χ0v) is 9.49. The Morgan fingerprint density at radius 3 is 2.24 bits per heavy atom. The Balaban J connectivity index is 2.89. The van der Waals surface area contributed by atoms with Crippen molar-refractivity contribution in [3.8, 4) is 0 Å². The first-order chi connectivity index (χ1) is 7.64. The number of carbonyl (C=O) groups excluding carboxylic acids is 1. The van der Waals surface area contributed by atoms with E-state index < -0.39 is 30.0 Å². The number of likely N-dealkylation sites (tertiary alicyclic amines) is 1. The maximum absolute atomic E-state index is 12.3. The minimum atomic E-state index is -4.95. The molecule has 1 N–H and O–H groups in total. The molecule has 1 fully saturated rings. The first kappa shape index (κ1) is 13.8. The molecule has 1 aliphatic rings. The lowest BCUT2D eigenvalue weighted by Crippen LogP contribution is -2.54. The van der Waals surface area contributed by atoms with E-state index in [0.717, 1.165) is 0 Å². The van der Waals surface area contributed by atoms with Crippen LogP contribution in [0.25, 0.3) is 0 Å². The van der Waals surface area contributed by atoms with Crippen molar-refractivity contribution in [2.45, 2.75) is 32.5 Å². The minimum Gasteiger partial charge on any atom is -0.481 e. The van der Waals surface area contributed by atoms with Crippen molar-refractivity contribution in [1.82, 2.24) is 4.90 Å². The molecule has 98 valence electrons. The van der Waals surface area contributed by atoms with Crippen molar-refractivity contribution in [1.29, 1.82) is 0 Å². The molecule has 0 spiro atoms. The summed E-state index contributed by atoms with van der Waals surface area (Å²) in [5, 5.41) is 8.83. The van der Waals surface area contributed by atoms with Gasteiger partial charge >= 0.3 is 18.1 Å². The van der Waals surface area contributed by atoms with E-state index in [4.69, 9.17) is 5.11 Å². The molecule has 3 atom stereocenters. The summed E-state index contributed by atoms with van der Waals surface area (Å²) < 4.78 is 37.0. The molecule has 0 radical (unpaired) electrons. The fourth-order valence-electron chi connectivity index (χ4n) is 2.04. The smallest absolute Gasteiger partial charge is 0.471 e. The number of hydrogen-bond acceptors (Lipinski definition) is 2. The summed E-state index contributed by atoms with van der Waals surface area (Å²) in [4.78, 5) is 22.6. The second-order valence-electron chi connectivity index (χ2n) is 4.44. The fraction of sp³-hybridized carbons (Fsp3) is 0.800. The van der Waals surface area contributed by atoms with Gasteiger partial charge in [-0.3, -0.25) is 9.59 Å². The summed E-state index contributed by atoms with van der Waals surface area (Å²) >= 11 is 0. The highest BCUT2D eigenvalue weighted by Crippen LogP contribution is 2.30. The molecule has 0 aromatic carbocycles. The Kier molecular flexibility index (Phi) is 3.68. The number of rotatable bonds is 1. The van der Waals surface area contributed by atoms with Crippen LogP contribution in [0.15, 0.2) is 0 Å². The van der Waals surface area contributed by atoms with Crippen LogP contribution in [0.5, 0.6) is 0 Å². The van der Waals surface area contributed by atoms with Crippen LogP contribution in [0.1, 0.15) is 20.3 Å². The van der Waals surface area contributed by atoms with Gasteiger partial charge in [-0.1, -0.05) is 6.92 Å². The first-order valence-corrected chi connectivity index (χ1v) is 5.25. The first-order valence-electron chi connectivity index (χ1n) is 5.25. The Hall–Kier alpha value is -1.27. The lowest BCUT2D eigenvalue weighted by molar-refractivity contribution is -0.191. The zero-order chi connectivity index (χ0) is 13.4. The van der Waals surface area contributed by atoms with Gasteiger partial charge in [-0.15, -0.1) is 0 Å². The van der Waals surface area contributed by atoms with E-state index in [1.807, 2.05) is 0 Å². The normalized spacial score (nSPS) is 30.2. The summed E-state index contributed by atoms with van der Waals surface area (Å²) in [6, 6.07) is -0.597. The monoisotopic (exact) mass is 253 g/mol. The average Bonchev–Trinajstić information content (AvgIpc) is 2.19. The number of aliphatic carboxylic acids is 1. The number of carbonyl (C=O) groups is 2. The second kappa shape index (κ2) is 4.54. The predicted molar refractivity (Wildman–Crippen MR) is 52.1 cm³/mol. The molecule has 0 aromatic heterocycles. The van der Waals surface area contributed by atoms with Gasteiger partial charge in [0.25, 0.3) is 0 Å². The third kappa shape index (κ3) is 2.89. The number of halogens is 3. The molecule has 17 heavy (non-hydrogen) atoms. The van der Waals surface area contributed by atoms with Gasteiger partial charge in [0.1, 0.15) is 0 Å². The highest BCUT2D eigenvalue weighted by atomic mass is 19.4. The van der Waals surface area contributed by atoms with Gasteiger partial charge in [-0.05, 0) is 19.3 Å². The largest absolute Gasteiger partial charge is 0.481 e. The van der Waals surface area contributed by atoms with Crippen molar-refractivity contribution in [2.24, 2.45) is 11.8 Å². The summed E-state index contributed by atoms with van der Waals surface area (Å²) in [5.41, 5.74) is 0. The molecule has 1 heterocycles. The second-order valence-corrected chi connectivity index (χ2v) is 4.44. The number of hydrogen-bond donors (Lipinski definition) is 1. The number of nitrogens with zero attached hydrogens (tertiary/aromatic N) is 1. The molecule has 1 rings (SSSR count). The maximum atomic E-state index is 12.3. The van der Waals surface area contributed by atoms with Gasteiger partial charge in [0.2, 0.25) is 0 Å². The van der Waals surface area contributed by atoms with E-state index in [2.05, 4.69) is 0 Å². The SMILES string of the molecule is C[C@H]1C[C@@H](C(=O)O)CN(C(=O)C(F)(F)F)[C@H]1C. The Morgan fingerprint density at radius 2 is 1.82 bits per heavy atom. The van der Waals surface area contributed by atoms with Gasteiger partial charge in [0, 0.05) is 12.6 Å².